The molecular weight excluding hydrogens is 480 g/mol. The van der Waals surface area contributed by atoms with Gasteiger partial charge in [-0.05, 0) is 46.5 Å². The zero-order chi connectivity index (χ0) is 27.6. The largest absolute Gasteiger partial charge is 0.353 e. The van der Waals surface area contributed by atoms with Gasteiger partial charge in [0.1, 0.15) is 11.8 Å². The van der Waals surface area contributed by atoms with Crippen LogP contribution in [0.3, 0.4) is 0 Å². The summed E-state index contributed by atoms with van der Waals surface area (Å²) in [5, 5.41) is 2.54. The molecule has 1 N–H and O–H groups in total. The van der Waals surface area contributed by atoms with E-state index in [1.165, 1.54) is 21.6 Å². The molecule has 206 valence electrons. The number of unbranched alkanes of at least 4 members (excludes halogenated alkanes) is 2. The van der Waals surface area contributed by atoms with E-state index in [1.54, 1.807) is 7.05 Å². The molecule has 9 nitrogen and oxygen atoms in total. The van der Waals surface area contributed by atoms with Gasteiger partial charge in [-0.3, -0.25) is 28.9 Å². The van der Waals surface area contributed by atoms with Crippen LogP contribution in [0.2, 0.25) is 0 Å². The highest BCUT2D eigenvalue weighted by molar-refractivity contribution is 8.00. The monoisotopic (exact) mass is 526 g/mol. The van der Waals surface area contributed by atoms with Crippen LogP contribution in [0.1, 0.15) is 73.1 Å². The van der Waals surface area contributed by atoms with Gasteiger partial charge in [0.15, 0.2) is 0 Å². The Hall–Kier alpha value is -1.94. The van der Waals surface area contributed by atoms with Crippen LogP contribution in [0.25, 0.3) is 0 Å². The smallest absolute Gasteiger partial charge is 0.243 e. The third kappa shape index (κ3) is 10.2. The Bertz CT molecular complexity index is 794. The molecule has 0 aromatic heterocycles. The van der Waals surface area contributed by atoms with Gasteiger partial charge in [-0.15, -0.1) is 11.8 Å². The second-order valence-electron chi connectivity index (χ2n) is 11.1. The zero-order valence-corrected chi connectivity index (χ0v) is 24.2. The van der Waals surface area contributed by atoms with E-state index in [9.17, 15) is 24.0 Å². The highest BCUT2D eigenvalue weighted by Crippen LogP contribution is 2.27. The van der Waals surface area contributed by atoms with E-state index in [0.29, 0.717) is 19.5 Å². The Morgan fingerprint density at radius 1 is 1.08 bits per heavy atom. The second-order valence-corrected chi connectivity index (χ2v) is 12.4. The lowest BCUT2D eigenvalue weighted by molar-refractivity contribution is -0.142. The molecule has 1 saturated heterocycles. The predicted molar refractivity (Wildman–Crippen MR) is 144 cm³/mol. The Labute approximate surface area is 221 Å². The molecule has 1 aliphatic heterocycles. The molecule has 0 aromatic carbocycles. The normalized spacial score (nSPS) is 17.2. The van der Waals surface area contributed by atoms with Gasteiger partial charge in [0, 0.05) is 50.9 Å². The maximum atomic E-state index is 12.9. The van der Waals surface area contributed by atoms with Gasteiger partial charge in [0.05, 0.1) is 5.25 Å². The number of amides is 4. The maximum Gasteiger partial charge on any atom is 0.243 e. The lowest BCUT2D eigenvalue weighted by Crippen LogP contribution is -2.50. The summed E-state index contributed by atoms with van der Waals surface area (Å²) >= 11 is 1.51. The molecule has 0 saturated carbocycles. The van der Waals surface area contributed by atoms with E-state index in [1.807, 2.05) is 53.6 Å². The van der Waals surface area contributed by atoms with E-state index in [4.69, 9.17) is 0 Å². The van der Waals surface area contributed by atoms with Gasteiger partial charge >= 0.3 is 0 Å². The SMILES string of the molecule is CC(C)N1C(=O)CC(SCCCCCC(=O)N(C)[C@@H](CC(=O)C(C)(C)C)C(=O)NCCN(C)C)C1=O. The number of carbonyl (C=O) groups is 5. The first-order valence-corrected chi connectivity index (χ1v) is 13.9. The fraction of sp³-hybridized carbons (Fsp3) is 0.808. The van der Waals surface area contributed by atoms with Crippen LogP contribution >= 0.6 is 11.8 Å². The number of hydrogen-bond donors (Lipinski definition) is 1. The average molecular weight is 527 g/mol. The van der Waals surface area contributed by atoms with Gasteiger partial charge in [-0.2, -0.15) is 0 Å². The van der Waals surface area contributed by atoms with Gasteiger partial charge in [-0.1, -0.05) is 27.2 Å². The van der Waals surface area contributed by atoms with Crippen LogP contribution in [0.4, 0.5) is 0 Å². The highest BCUT2D eigenvalue weighted by atomic mass is 32.2. The topological polar surface area (TPSA) is 107 Å². The number of thioether (sulfide) groups is 1. The van der Waals surface area contributed by atoms with Crippen LogP contribution in [0, 0.1) is 5.41 Å². The lowest BCUT2D eigenvalue weighted by Gasteiger charge is -2.29. The molecule has 1 unspecified atom stereocenters. The first kappa shape index (κ1) is 32.1. The first-order valence-electron chi connectivity index (χ1n) is 12.9. The number of carbonyl (C=O) groups excluding carboxylic acids is 5. The summed E-state index contributed by atoms with van der Waals surface area (Å²) in [5.41, 5.74) is -0.596. The Morgan fingerprint density at radius 3 is 2.25 bits per heavy atom. The Kier molecular flexibility index (Phi) is 13.1. The van der Waals surface area contributed by atoms with Gasteiger partial charge in [0.25, 0.3) is 0 Å². The van der Waals surface area contributed by atoms with Crippen molar-refractivity contribution in [3.05, 3.63) is 0 Å². The third-order valence-electron chi connectivity index (χ3n) is 6.25. The van der Waals surface area contributed by atoms with Crippen molar-refractivity contribution in [3.63, 3.8) is 0 Å². The third-order valence-corrected chi connectivity index (χ3v) is 7.54. The van der Waals surface area contributed by atoms with Crippen molar-refractivity contribution in [2.45, 2.75) is 90.5 Å². The molecule has 2 atom stereocenters. The van der Waals surface area contributed by atoms with Crippen molar-refractivity contribution in [2.75, 3.05) is 40.0 Å². The molecule has 1 fully saturated rings. The first-order chi connectivity index (χ1) is 16.7. The van der Waals surface area contributed by atoms with Gasteiger partial charge in [0.2, 0.25) is 23.6 Å². The van der Waals surface area contributed by atoms with E-state index in [2.05, 4.69) is 5.32 Å². The van der Waals surface area contributed by atoms with E-state index in [0.717, 1.165) is 18.6 Å². The van der Waals surface area contributed by atoms with Gasteiger partial charge in [-0.25, -0.2) is 0 Å². The summed E-state index contributed by atoms with van der Waals surface area (Å²) in [6.07, 6.45) is 2.82. The Balaban J connectivity index is 2.53. The molecule has 1 heterocycles. The number of nitrogens with one attached hydrogen (secondary N) is 1. The predicted octanol–water partition coefficient (Wildman–Crippen LogP) is 2.33. The Morgan fingerprint density at radius 2 is 1.72 bits per heavy atom. The van der Waals surface area contributed by atoms with Crippen molar-refractivity contribution in [1.29, 1.82) is 0 Å². The number of ketones is 1. The molecule has 0 spiro atoms. The highest BCUT2D eigenvalue weighted by Gasteiger charge is 2.39. The fourth-order valence-electron chi connectivity index (χ4n) is 3.83. The van der Waals surface area contributed by atoms with E-state index < -0.39 is 11.5 Å². The van der Waals surface area contributed by atoms with Crippen molar-refractivity contribution >= 4 is 41.2 Å². The minimum absolute atomic E-state index is 0.0162. The number of imide groups is 1. The zero-order valence-electron chi connectivity index (χ0n) is 23.4. The number of hydrogen-bond acceptors (Lipinski definition) is 7. The molecule has 0 radical (unpaired) electrons. The van der Waals surface area contributed by atoms with Crippen LogP contribution in [0.5, 0.6) is 0 Å². The maximum absolute atomic E-state index is 12.9. The molecule has 0 aromatic rings. The van der Waals surface area contributed by atoms with Crippen LogP contribution in [0.15, 0.2) is 0 Å². The van der Waals surface area contributed by atoms with E-state index in [-0.39, 0.29) is 60.0 Å². The summed E-state index contributed by atoms with van der Waals surface area (Å²) in [7, 11) is 5.41. The fourth-order valence-corrected chi connectivity index (χ4v) is 5.01. The number of likely N-dealkylation sites (tertiary alicyclic amines) is 1. The van der Waals surface area contributed by atoms with Crippen LogP contribution in [-0.2, 0) is 24.0 Å². The molecule has 0 aliphatic carbocycles. The number of likely N-dealkylation sites (N-methyl/N-ethyl adjacent to an activating group) is 2. The van der Waals surface area contributed by atoms with Crippen LogP contribution in [-0.4, -0.2) is 101 Å². The van der Waals surface area contributed by atoms with Crippen molar-refractivity contribution in [3.8, 4) is 0 Å². The van der Waals surface area contributed by atoms with Crippen molar-refractivity contribution in [1.82, 2.24) is 20.0 Å². The standard InChI is InChI=1S/C26H46N4O5S/c1-18(2)30-23(33)17-20(25(30)35)36-15-11-9-10-12-22(32)29(8)19(16-21(31)26(3,4)5)24(34)27-13-14-28(6)7/h18-20H,9-17H2,1-8H3,(H,27,34)/t19-,20?/m0/s1. The quantitative estimate of drug-likeness (QED) is 0.258. The van der Waals surface area contributed by atoms with Crippen molar-refractivity contribution in [2.24, 2.45) is 5.41 Å². The average Bonchev–Trinajstić information content (AvgIpc) is 3.05. The molecule has 1 aliphatic rings. The number of Topliss-reactive ketones (excluding diaryl/α,β-unsaturated/α-hetero) is 1. The minimum Gasteiger partial charge on any atom is -0.353 e. The van der Waals surface area contributed by atoms with Crippen LogP contribution < -0.4 is 5.32 Å². The molecule has 36 heavy (non-hydrogen) atoms. The molecule has 1 rings (SSSR count). The van der Waals surface area contributed by atoms with E-state index >= 15 is 0 Å². The summed E-state index contributed by atoms with van der Waals surface area (Å²) < 4.78 is 0. The summed E-state index contributed by atoms with van der Waals surface area (Å²) in [6, 6.07) is -0.951. The molecule has 0 bridgehead atoms. The van der Waals surface area contributed by atoms with Crippen molar-refractivity contribution < 1.29 is 24.0 Å². The molecule has 4 amide bonds. The number of rotatable bonds is 15. The minimum atomic E-state index is -0.836. The summed E-state index contributed by atoms with van der Waals surface area (Å²) in [5.74, 6) is -0.00335. The second kappa shape index (κ2) is 14.7. The van der Waals surface area contributed by atoms with Gasteiger partial charge < -0.3 is 15.1 Å². The summed E-state index contributed by atoms with van der Waals surface area (Å²) in [6.45, 7) is 10.2. The molecule has 10 heteroatoms. The number of nitrogens with zero attached hydrogens (tertiary/aromatic N) is 3. The molecular formula is C26H46N4O5S. The summed E-state index contributed by atoms with van der Waals surface area (Å²) in [4.78, 5) is 67.5. The lowest BCUT2D eigenvalue weighted by atomic mass is 9.86.